The van der Waals surface area contributed by atoms with E-state index in [1.165, 1.54) is 4.31 Å². The van der Waals surface area contributed by atoms with Crippen molar-refractivity contribution >= 4 is 16.0 Å². The summed E-state index contributed by atoms with van der Waals surface area (Å²) >= 11 is 0. The van der Waals surface area contributed by atoms with Crippen molar-refractivity contribution in [3.05, 3.63) is 0 Å². The van der Waals surface area contributed by atoms with Gasteiger partial charge in [0, 0.05) is 51.4 Å². The summed E-state index contributed by atoms with van der Waals surface area (Å²) in [6, 6.07) is 1.05. The first-order chi connectivity index (χ1) is 12.2. The molecule has 0 rings (SSSR count). The molecule has 2 N–H and O–H groups in total. The van der Waals surface area contributed by atoms with Gasteiger partial charge in [-0.3, -0.25) is 9.89 Å². The molecule has 0 fully saturated rings. The first kappa shape index (κ1) is 25.1. The van der Waals surface area contributed by atoms with Gasteiger partial charge in [0.2, 0.25) is 10.0 Å². The molecule has 0 aliphatic carbocycles. The normalized spacial score (nSPS) is 13.3. The lowest BCUT2D eigenvalue weighted by Crippen LogP contribution is -2.42. The lowest BCUT2D eigenvalue weighted by molar-refractivity contribution is 0.174. The van der Waals surface area contributed by atoms with Crippen molar-refractivity contribution in [1.82, 2.24) is 19.8 Å². The molecule has 0 saturated heterocycles. The fourth-order valence-electron chi connectivity index (χ4n) is 2.94. The van der Waals surface area contributed by atoms with E-state index in [9.17, 15) is 8.42 Å². The lowest BCUT2D eigenvalue weighted by Gasteiger charge is -2.30. The average Bonchev–Trinajstić information content (AvgIpc) is 2.54. The first-order valence-corrected chi connectivity index (χ1v) is 11.6. The van der Waals surface area contributed by atoms with Crippen molar-refractivity contribution in [3.63, 3.8) is 0 Å². The zero-order chi connectivity index (χ0) is 20.2. The van der Waals surface area contributed by atoms with Crippen LogP contribution in [0, 0.1) is 0 Å². The van der Waals surface area contributed by atoms with Crippen molar-refractivity contribution in [2.75, 3.05) is 45.0 Å². The molecule has 0 aromatic heterocycles. The number of hydrogen-bond acceptors (Lipinski definition) is 4. The minimum absolute atomic E-state index is 0.0770. The van der Waals surface area contributed by atoms with E-state index in [1.807, 2.05) is 20.8 Å². The molecule has 0 heterocycles. The van der Waals surface area contributed by atoms with Crippen molar-refractivity contribution in [2.24, 2.45) is 4.99 Å². The van der Waals surface area contributed by atoms with Crippen LogP contribution in [-0.2, 0) is 10.0 Å². The van der Waals surface area contributed by atoms with Gasteiger partial charge in [-0.1, -0.05) is 13.8 Å². The van der Waals surface area contributed by atoms with Gasteiger partial charge in [-0.15, -0.1) is 0 Å². The molecule has 0 radical (unpaired) electrons. The van der Waals surface area contributed by atoms with Crippen molar-refractivity contribution in [2.45, 2.75) is 67.0 Å². The standard InChI is InChI=1S/C18H41N5O2S/c1-8-19-18(20-12-11-14-23(16(4)5)17(6)7)21-13-15-26(24,25)22(9-2)10-3/h16-17H,8-15H2,1-7H3,(H2,19,20,21). The van der Waals surface area contributed by atoms with Gasteiger partial charge in [-0.2, -0.15) is 0 Å². The van der Waals surface area contributed by atoms with Crippen molar-refractivity contribution < 1.29 is 8.42 Å². The van der Waals surface area contributed by atoms with Gasteiger partial charge in [0.05, 0.1) is 5.75 Å². The predicted molar refractivity (Wildman–Crippen MR) is 112 cm³/mol. The molecule has 0 aliphatic rings. The van der Waals surface area contributed by atoms with Crippen LogP contribution in [0.4, 0.5) is 0 Å². The Morgan fingerprint density at radius 2 is 1.58 bits per heavy atom. The second-order valence-electron chi connectivity index (χ2n) is 6.87. The van der Waals surface area contributed by atoms with Crippen LogP contribution in [0.15, 0.2) is 4.99 Å². The number of rotatable bonds is 13. The van der Waals surface area contributed by atoms with Crippen LogP contribution in [0.1, 0.15) is 54.9 Å². The lowest BCUT2D eigenvalue weighted by atomic mass is 10.2. The molecule has 0 aromatic carbocycles. The average molecular weight is 392 g/mol. The zero-order valence-corrected chi connectivity index (χ0v) is 18.7. The quantitative estimate of drug-likeness (QED) is 0.284. The maximum Gasteiger partial charge on any atom is 0.215 e. The van der Waals surface area contributed by atoms with Gasteiger partial charge in [0.15, 0.2) is 5.96 Å². The molecular weight excluding hydrogens is 350 g/mol. The molecule has 156 valence electrons. The molecule has 7 nitrogen and oxygen atoms in total. The van der Waals surface area contributed by atoms with Crippen molar-refractivity contribution in [1.29, 1.82) is 0 Å². The van der Waals surface area contributed by atoms with E-state index in [2.05, 4.69) is 48.2 Å². The largest absolute Gasteiger partial charge is 0.357 e. The van der Waals surface area contributed by atoms with Crippen LogP contribution in [-0.4, -0.2) is 80.7 Å². The first-order valence-electron chi connectivity index (χ1n) is 9.95. The predicted octanol–water partition coefficient (Wildman–Crippen LogP) is 1.72. The molecule has 0 unspecified atom stereocenters. The second kappa shape index (κ2) is 13.3. The zero-order valence-electron chi connectivity index (χ0n) is 17.9. The number of hydrogen-bond donors (Lipinski definition) is 2. The summed E-state index contributed by atoms with van der Waals surface area (Å²) in [5.74, 6) is 0.760. The third kappa shape index (κ3) is 9.73. The minimum Gasteiger partial charge on any atom is -0.357 e. The minimum atomic E-state index is -3.21. The van der Waals surface area contributed by atoms with Gasteiger partial charge in [-0.25, -0.2) is 12.7 Å². The van der Waals surface area contributed by atoms with Crippen LogP contribution in [0.5, 0.6) is 0 Å². The highest BCUT2D eigenvalue weighted by atomic mass is 32.2. The third-order valence-corrected chi connectivity index (χ3v) is 6.29. The van der Waals surface area contributed by atoms with Gasteiger partial charge in [0.25, 0.3) is 0 Å². The molecular formula is C18H41N5O2S. The summed E-state index contributed by atoms with van der Waals surface area (Å²) in [6.45, 7) is 18.4. The SMILES string of the molecule is CCNC(=NCCCN(C(C)C)C(C)C)NCCS(=O)(=O)N(CC)CC. The Balaban J connectivity index is 4.49. The number of guanidine groups is 1. The third-order valence-electron chi connectivity index (χ3n) is 4.27. The number of nitrogens with zero attached hydrogens (tertiary/aromatic N) is 3. The Hall–Kier alpha value is -0.860. The fourth-order valence-corrected chi connectivity index (χ4v) is 4.35. The molecule has 0 saturated carbocycles. The van der Waals surface area contributed by atoms with Gasteiger partial charge in [0.1, 0.15) is 0 Å². The maximum atomic E-state index is 12.2. The molecule has 0 atom stereocenters. The summed E-state index contributed by atoms with van der Waals surface area (Å²) in [4.78, 5) is 7.02. The van der Waals surface area contributed by atoms with Gasteiger partial charge < -0.3 is 10.6 Å². The highest BCUT2D eigenvalue weighted by molar-refractivity contribution is 7.89. The number of aliphatic imine (C=N–C) groups is 1. The van der Waals surface area contributed by atoms with Crippen LogP contribution < -0.4 is 10.6 Å². The molecule has 0 spiro atoms. The van der Waals surface area contributed by atoms with Gasteiger partial charge >= 0.3 is 0 Å². The summed E-state index contributed by atoms with van der Waals surface area (Å²) in [5.41, 5.74) is 0. The Morgan fingerprint density at radius 1 is 1.00 bits per heavy atom. The van der Waals surface area contributed by atoms with E-state index >= 15 is 0 Å². The number of nitrogens with one attached hydrogen (secondary N) is 2. The molecule has 0 amide bonds. The Morgan fingerprint density at radius 3 is 2.04 bits per heavy atom. The smallest absolute Gasteiger partial charge is 0.215 e. The van der Waals surface area contributed by atoms with E-state index in [1.54, 1.807) is 0 Å². The van der Waals surface area contributed by atoms with Crippen LogP contribution in [0.3, 0.4) is 0 Å². The molecule has 0 aliphatic heterocycles. The fraction of sp³-hybridized carbons (Fsp3) is 0.944. The maximum absolute atomic E-state index is 12.2. The Kier molecular flexibility index (Phi) is 12.9. The van der Waals surface area contributed by atoms with E-state index in [4.69, 9.17) is 0 Å². The van der Waals surface area contributed by atoms with Crippen LogP contribution >= 0.6 is 0 Å². The second-order valence-corrected chi connectivity index (χ2v) is 8.96. The van der Waals surface area contributed by atoms with E-state index < -0.39 is 10.0 Å². The summed E-state index contributed by atoms with van der Waals surface area (Å²) in [6.07, 6.45) is 0.977. The Bertz CT molecular complexity index is 480. The molecule has 8 heteroatoms. The summed E-state index contributed by atoms with van der Waals surface area (Å²) in [7, 11) is -3.21. The topological polar surface area (TPSA) is 77.0 Å². The van der Waals surface area contributed by atoms with Crippen LogP contribution in [0.2, 0.25) is 0 Å². The molecule has 26 heavy (non-hydrogen) atoms. The van der Waals surface area contributed by atoms with Gasteiger partial charge in [-0.05, 0) is 41.0 Å². The number of sulfonamides is 1. The molecule has 0 aromatic rings. The van der Waals surface area contributed by atoms with E-state index in [0.717, 1.165) is 19.5 Å². The Labute approximate surface area is 161 Å². The highest BCUT2D eigenvalue weighted by Crippen LogP contribution is 2.05. The summed E-state index contributed by atoms with van der Waals surface area (Å²) in [5, 5.41) is 6.31. The van der Waals surface area contributed by atoms with E-state index in [0.29, 0.717) is 44.2 Å². The molecule has 0 bridgehead atoms. The monoisotopic (exact) mass is 391 g/mol. The highest BCUT2D eigenvalue weighted by Gasteiger charge is 2.18. The van der Waals surface area contributed by atoms with E-state index in [-0.39, 0.29) is 5.75 Å². The van der Waals surface area contributed by atoms with Crippen molar-refractivity contribution in [3.8, 4) is 0 Å². The summed E-state index contributed by atoms with van der Waals surface area (Å²) < 4.78 is 25.9. The van der Waals surface area contributed by atoms with Crippen LogP contribution in [0.25, 0.3) is 0 Å².